The molecule has 0 aliphatic carbocycles. The zero-order valence-electron chi connectivity index (χ0n) is 26.8. The number of methoxy groups -OCH3 is 1. The summed E-state index contributed by atoms with van der Waals surface area (Å²) in [6.07, 6.45) is 2.88. The van der Waals surface area contributed by atoms with Crippen LogP contribution in [0.1, 0.15) is 76.0 Å². The highest BCUT2D eigenvalue weighted by atomic mass is 19.1. The van der Waals surface area contributed by atoms with Crippen molar-refractivity contribution in [2.45, 2.75) is 71.1 Å². The molecule has 236 valence electrons. The van der Waals surface area contributed by atoms with E-state index in [2.05, 4.69) is 10.3 Å². The molecule has 2 N–H and O–H groups in total. The molecule has 45 heavy (non-hydrogen) atoms. The summed E-state index contributed by atoms with van der Waals surface area (Å²) in [5, 5.41) is 14.6. The lowest BCUT2D eigenvalue weighted by molar-refractivity contribution is 0.0394. The van der Waals surface area contributed by atoms with Crippen molar-refractivity contribution >= 4 is 11.9 Å². The molecule has 0 aliphatic rings. The molecule has 8 nitrogen and oxygen atoms in total. The van der Waals surface area contributed by atoms with E-state index in [1.165, 1.54) is 12.1 Å². The van der Waals surface area contributed by atoms with E-state index in [0.29, 0.717) is 33.8 Å². The number of carbonyl (C=O) groups is 2. The second-order valence-electron chi connectivity index (χ2n) is 12.7. The van der Waals surface area contributed by atoms with Crippen molar-refractivity contribution in [1.29, 1.82) is 0 Å². The molecule has 0 fully saturated rings. The van der Waals surface area contributed by atoms with Crippen LogP contribution in [0.15, 0.2) is 79.1 Å². The maximum Gasteiger partial charge on any atom is 0.408 e. The third-order valence-corrected chi connectivity index (χ3v) is 7.41. The number of hydrogen-bond acceptors (Lipinski definition) is 7. The molecule has 0 radical (unpaired) electrons. The standard InChI is InChI=1S/C36H40FN3O5/c1-34(2,3)45-33(42)40-35(4,5)26-21-29(24-8-11-27(37)12-9-24)39-32(22-26)36(6,43)17-14-30(41)25-10-13-28(31(20-25)44-7)23-15-18-38-19-16-23/h8-13,15-16,18-22,43H,14,17H2,1-7H3,(H,40,42). The Morgan fingerprint density at radius 2 is 1.56 bits per heavy atom. The van der Waals surface area contributed by atoms with Gasteiger partial charge in [0.25, 0.3) is 0 Å². The number of Topliss-reactive ketones (excluding diaryl/α,β-unsaturated/α-hetero) is 1. The molecule has 4 rings (SSSR count). The number of nitrogens with zero attached hydrogens (tertiary/aromatic N) is 2. The summed E-state index contributed by atoms with van der Waals surface area (Å²) in [7, 11) is 1.55. The number of ketones is 1. The van der Waals surface area contributed by atoms with Gasteiger partial charge in [-0.2, -0.15) is 0 Å². The maximum atomic E-state index is 13.7. The predicted molar refractivity (Wildman–Crippen MR) is 171 cm³/mol. The first-order valence-corrected chi connectivity index (χ1v) is 14.7. The molecular weight excluding hydrogens is 573 g/mol. The third kappa shape index (κ3) is 8.51. The minimum atomic E-state index is -1.52. The highest BCUT2D eigenvalue weighted by Gasteiger charge is 2.32. The number of hydrogen-bond donors (Lipinski definition) is 2. The molecule has 1 amide bonds. The van der Waals surface area contributed by atoms with Crippen LogP contribution in [0.4, 0.5) is 9.18 Å². The maximum absolute atomic E-state index is 13.7. The van der Waals surface area contributed by atoms with Gasteiger partial charge in [-0.05, 0) is 120 Å². The number of pyridine rings is 2. The molecule has 1 atom stereocenters. The lowest BCUT2D eigenvalue weighted by atomic mass is 9.87. The lowest BCUT2D eigenvalue weighted by Crippen LogP contribution is -2.44. The van der Waals surface area contributed by atoms with Crippen LogP contribution in [-0.4, -0.2) is 39.7 Å². The average Bonchev–Trinajstić information content (AvgIpc) is 2.99. The first-order chi connectivity index (χ1) is 21.1. The fourth-order valence-electron chi connectivity index (χ4n) is 4.83. The lowest BCUT2D eigenvalue weighted by Gasteiger charge is -2.31. The van der Waals surface area contributed by atoms with Crippen LogP contribution in [0.3, 0.4) is 0 Å². The highest BCUT2D eigenvalue weighted by Crippen LogP contribution is 2.34. The van der Waals surface area contributed by atoms with Crippen LogP contribution in [0, 0.1) is 5.82 Å². The van der Waals surface area contributed by atoms with E-state index in [4.69, 9.17) is 14.5 Å². The molecule has 1 unspecified atom stereocenters. The number of alkyl carbamates (subject to hydrolysis) is 1. The Hall–Kier alpha value is -4.63. The number of carbonyl (C=O) groups excluding carboxylic acids is 2. The first kappa shape index (κ1) is 33.3. The van der Waals surface area contributed by atoms with Crippen molar-refractivity contribution in [3.63, 3.8) is 0 Å². The van der Waals surface area contributed by atoms with Crippen molar-refractivity contribution < 1.29 is 28.6 Å². The summed E-state index contributed by atoms with van der Waals surface area (Å²) < 4.78 is 24.8. The van der Waals surface area contributed by atoms with Crippen LogP contribution in [-0.2, 0) is 15.9 Å². The Morgan fingerprint density at radius 1 is 0.889 bits per heavy atom. The zero-order valence-corrected chi connectivity index (χ0v) is 26.8. The average molecular weight is 614 g/mol. The number of benzene rings is 2. The predicted octanol–water partition coefficient (Wildman–Crippen LogP) is 7.59. The second-order valence-corrected chi connectivity index (χ2v) is 12.7. The summed E-state index contributed by atoms with van der Waals surface area (Å²) in [4.78, 5) is 34.8. The van der Waals surface area contributed by atoms with Gasteiger partial charge >= 0.3 is 6.09 Å². The Balaban J connectivity index is 1.62. The molecule has 2 heterocycles. The molecule has 0 aliphatic heterocycles. The van der Waals surface area contributed by atoms with Gasteiger partial charge in [-0.15, -0.1) is 0 Å². The molecule has 2 aromatic heterocycles. The van der Waals surface area contributed by atoms with Crippen LogP contribution in [0.2, 0.25) is 0 Å². The van der Waals surface area contributed by atoms with Gasteiger partial charge in [0.05, 0.1) is 24.0 Å². The summed E-state index contributed by atoms with van der Waals surface area (Å²) in [5.41, 5.74) is 1.09. The Morgan fingerprint density at radius 3 is 2.18 bits per heavy atom. The minimum absolute atomic E-state index is 0.0299. The van der Waals surface area contributed by atoms with Crippen LogP contribution < -0.4 is 10.1 Å². The number of ether oxygens (including phenoxy) is 2. The number of halogens is 1. The summed E-state index contributed by atoms with van der Waals surface area (Å²) in [6.45, 7) is 10.6. The number of aromatic nitrogens is 2. The van der Waals surface area contributed by atoms with Crippen LogP contribution >= 0.6 is 0 Å². The first-order valence-electron chi connectivity index (χ1n) is 14.7. The summed E-state index contributed by atoms with van der Waals surface area (Å²) in [5.74, 6) is -0.00785. The smallest absolute Gasteiger partial charge is 0.408 e. The van der Waals surface area contributed by atoms with Gasteiger partial charge in [-0.1, -0.05) is 6.07 Å². The number of rotatable bonds is 10. The minimum Gasteiger partial charge on any atom is -0.496 e. The van der Waals surface area contributed by atoms with E-state index < -0.39 is 28.7 Å². The highest BCUT2D eigenvalue weighted by molar-refractivity contribution is 5.97. The Labute approximate surface area is 263 Å². The van der Waals surface area contributed by atoms with Gasteiger partial charge in [0.1, 0.15) is 22.8 Å². The fourth-order valence-corrected chi connectivity index (χ4v) is 4.83. The number of aliphatic hydroxyl groups is 1. The SMILES string of the molecule is COc1cc(C(=O)CCC(C)(O)c2cc(C(C)(C)NC(=O)OC(C)(C)C)cc(-c3ccc(F)cc3)n2)ccc1-c1ccncc1. The van der Waals surface area contributed by atoms with Gasteiger partial charge < -0.3 is 19.9 Å². The van der Waals surface area contributed by atoms with E-state index in [0.717, 1.165) is 11.1 Å². The van der Waals surface area contributed by atoms with Crippen molar-refractivity contribution in [1.82, 2.24) is 15.3 Å². The fraction of sp³-hybridized carbons (Fsp3) is 0.333. The van der Waals surface area contributed by atoms with E-state index >= 15 is 0 Å². The normalized spacial score (nSPS) is 13.1. The topological polar surface area (TPSA) is 111 Å². The summed E-state index contributed by atoms with van der Waals surface area (Å²) in [6, 6.07) is 18.4. The third-order valence-electron chi connectivity index (χ3n) is 7.41. The van der Waals surface area contributed by atoms with Crippen molar-refractivity contribution in [2.75, 3.05) is 7.11 Å². The van der Waals surface area contributed by atoms with E-state index in [1.807, 2.05) is 32.0 Å². The number of nitrogens with one attached hydrogen (secondary N) is 1. The number of amides is 1. The van der Waals surface area contributed by atoms with Gasteiger partial charge in [-0.25, -0.2) is 14.2 Å². The van der Waals surface area contributed by atoms with Crippen LogP contribution in [0.5, 0.6) is 5.75 Å². The molecule has 2 aromatic carbocycles. The van der Waals surface area contributed by atoms with Gasteiger partial charge in [0, 0.05) is 35.5 Å². The van der Waals surface area contributed by atoms with Crippen molar-refractivity contribution in [3.8, 4) is 28.1 Å². The van der Waals surface area contributed by atoms with E-state index in [9.17, 15) is 19.1 Å². The second kappa shape index (κ2) is 13.2. The Kier molecular flexibility index (Phi) is 9.73. The molecule has 0 saturated heterocycles. The monoisotopic (exact) mass is 613 g/mol. The van der Waals surface area contributed by atoms with Crippen molar-refractivity contribution in [3.05, 3.63) is 102 Å². The molecular formula is C36H40FN3O5. The van der Waals surface area contributed by atoms with Gasteiger partial charge in [-0.3, -0.25) is 9.78 Å². The summed E-state index contributed by atoms with van der Waals surface area (Å²) >= 11 is 0. The zero-order chi connectivity index (χ0) is 33.0. The van der Waals surface area contributed by atoms with Gasteiger partial charge in [0.15, 0.2) is 5.78 Å². The Bertz CT molecular complexity index is 1660. The molecule has 0 saturated carbocycles. The molecule has 0 spiro atoms. The molecule has 0 bridgehead atoms. The van der Waals surface area contributed by atoms with Crippen molar-refractivity contribution in [2.24, 2.45) is 0 Å². The van der Waals surface area contributed by atoms with Gasteiger partial charge in [0.2, 0.25) is 0 Å². The van der Waals surface area contributed by atoms with Crippen LogP contribution in [0.25, 0.3) is 22.4 Å². The quantitative estimate of drug-likeness (QED) is 0.177. The van der Waals surface area contributed by atoms with E-state index in [1.54, 1.807) is 83.6 Å². The molecule has 4 aromatic rings. The molecule has 9 heteroatoms. The van der Waals surface area contributed by atoms with E-state index in [-0.39, 0.29) is 18.6 Å². The largest absolute Gasteiger partial charge is 0.496 e.